The SMILES string of the molecule is CC(C)[C@@H](C)Nc1cccc(F)c1C#N. The van der Waals surface area contributed by atoms with E-state index in [1.54, 1.807) is 12.1 Å². The number of anilines is 1. The number of nitrogens with one attached hydrogen (secondary N) is 1. The fourth-order valence-electron chi connectivity index (χ4n) is 1.17. The standard InChI is InChI=1S/C12H15FN2/c1-8(2)9(3)15-12-6-4-5-11(13)10(12)7-14/h4-6,8-9,15H,1-3H3/t9-/m1/s1. The summed E-state index contributed by atoms with van der Waals surface area (Å²) in [5, 5.41) is 12.0. The lowest BCUT2D eigenvalue weighted by molar-refractivity contribution is 0.558. The number of nitriles is 1. The van der Waals surface area contributed by atoms with Gasteiger partial charge in [0, 0.05) is 6.04 Å². The Morgan fingerprint density at radius 3 is 2.53 bits per heavy atom. The van der Waals surface area contributed by atoms with Gasteiger partial charge in [-0.15, -0.1) is 0 Å². The van der Waals surface area contributed by atoms with Gasteiger partial charge in [0.15, 0.2) is 0 Å². The maximum atomic E-state index is 13.2. The summed E-state index contributed by atoms with van der Waals surface area (Å²) in [7, 11) is 0. The zero-order valence-corrected chi connectivity index (χ0v) is 9.21. The van der Waals surface area contributed by atoms with E-state index in [0.717, 1.165) is 0 Å². The Labute approximate surface area is 89.7 Å². The molecule has 80 valence electrons. The molecule has 2 nitrogen and oxygen atoms in total. The molecular formula is C12H15FN2. The molecule has 0 radical (unpaired) electrons. The van der Waals surface area contributed by atoms with Crippen LogP contribution in [0.15, 0.2) is 18.2 Å². The van der Waals surface area contributed by atoms with Crippen LogP contribution < -0.4 is 5.32 Å². The maximum absolute atomic E-state index is 13.2. The summed E-state index contributed by atoms with van der Waals surface area (Å²) in [6, 6.07) is 6.70. The van der Waals surface area contributed by atoms with E-state index in [1.165, 1.54) is 6.07 Å². The average Bonchev–Trinajstić information content (AvgIpc) is 2.18. The molecule has 0 saturated carbocycles. The molecule has 1 atom stereocenters. The first-order valence-electron chi connectivity index (χ1n) is 5.01. The number of hydrogen-bond donors (Lipinski definition) is 1. The summed E-state index contributed by atoms with van der Waals surface area (Å²) in [5.74, 6) is -0.0433. The third kappa shape index (κ3) is 2.69. The zero-order valence-electron chi connectivity index (χ0n) is 9.21. The second kappa shape index (κ2) is 4.79. The minimum Gasteiger partial charge on any atom is -0.381 e. The molecule has 1 aromatic carbocycles. The van der Waals surface area contributed by atoms with Crippen LogP contribution in [0, 0.1) is 23.1 Å². The minimum absolute atomic E-state index is 0.0880. The predicted octanol–water partition coefficient (Wildman–Crippen LogP) is 3.15. The Bertz CT molecular complexity index is 380. The van der Waals surface area contributed by atoms with Crippen molar-refractivity contribution < 1.29 is 4.39 Å². The van der Waals surface area contributed by atoms with Gasteiger partial charge in [-0.05, 0) is 25.0 Å². The second-order valence-electron chi connectivity index (χ2n) is 3.95. The first kappa shape index (κ1) is 11.5. The number of nitrogens with zero attached hydrogens (tertiary/aromatic N) is 1. The summed E-state index contributed by atoms with van der Waals surface area (Å²) in [6.45, 7) is 6.16. The molecule has 0 aliphatic heterocycles. The number of benzene rings is 1. The Balaban J connectivity index is 2.96. The van der Waals surface area contributed by atoms with Gasteiger partial charge in [0.2, 0.25) is 0 Å². The Morgan fingerprint density at radius 1 is 1.33 bits per heavy atom. The lowest BCUT2D eigenvalue weighted by Gasteiger charge is -2.19. The fourth-order valence-corrected chi connectivity index (χ4v) is 1.17. The minimum atomic E-state index is -0.474. The van der Waals surface area contributed by atoms with Crippen molar-refractivity contribution >= 4 is 5.69 Å². The summed E-state index contributed by atoms with van der Waals surface area (Å²) < 4.78 is 13.2. The lowest BCUT2D eigenvalue weighted by Crippen LogP contribution is -2.22. The third-order valence-electron chi connectivity index (χ3n) is 2.51. The molecule has 0 spiro atoms. The van der Waals surface area contributed by atoms with E-state index in [0.29, 0.717) is 11.6 Å². The Hall–Kier alpha value is -1.56. The molecule has 0 aliphatic carbocycles. The van der Waals surface area contributed by atoms with Gasteiger partial charge in [-0.3, -0.25) is 0 Å². The van der Waals surface area contributed by atoms with E-state index in [1.807, 2.05) is 13.0 Å². The molecule has 0 aliphatic rings. The van der Waals surface area contributed by atoms with Gasteiger partial charge >= 0.3 is 0 Å². The summed E-state index contributed by atoms with van der Waals surface area (Å²) in [5.41, 5.74) is 0.656. The topological polar surface area (TPSA) is 35.8 Å². The van der Waals surface area contributed by atoms with Gasteiger partial charge in [-0.2, -0.15) is 5.26 Å². The lowest BCUT2D eigenvalue weighted by atomic mass is 10.1. The number of hydrogen-bond acceptors (Lipinski definition) is 2. The van der Waals surface area contributed by atoms with Crippen LogP contribution in [0.4, 0.5) is 10.1 Å². The molecule has 1 rings (SSSR count). The molecule has 15 heavy (non-hydrogen) atoms. The molecule has 1 N–H and O–H groups in total. The van der Waals surface area contributed by atoms with E-state index in [2.05, 4.69) is 19.2 Å². The average molecular weight is 206 g/mol. The highest BCUT2D eigenvalue weighted by molar-refractivity contribution is 5.58. The highest BCUT2D eigenvalue weighted by atomic mass is 19.1. The van der Waals surface area contributed by atoms with Crippen LogP contribution in [0.1, 0.15) is 26.3 Å². The second-order valence-corrected chi connectivity index (χ2v) is 3.95. The van der Waals surface area contributed by atoms with E-state index in [4.69, 9.17) is 5.26 Å². The summed E-state index contributed by atoms with van der Waals surface area (Å²) in [4.78, 5) is 0. The van der Waals surface area contributed by atoms with Crippen LogP contribution in [-0.4, -0.2) is 6.04 Å². The third-order valence-corrected chi connectivity index (χ3v) is 2.51. The van der Waals surface area contributed by atoms with E-state index >= 15 is 0 Å². The van der Waals surface area contributed by atoms with E-state index in [-0.39, 0.29) is 11.6 Å². The van der Waals surface area contributed by atoms with Gasteiger partial charge in [0.1, 0.15) is 17.4 Å². The van der Waals surface area contributed by atoms with Crippen LogP contribution in [0.2, 0.25) is 0 Å². The van der Waals surface area contributed by atoms with Crippen LogP contribution in [0.25, 0.3) is 0 Å². The Morgan fingerprint density at radius 2 is 2.00 bits per heavy atom. The molecule has 0 fully saturated rings. The maximum Gasteiger partial charge on any atom is 0.143 e. The Kier molecular flexibility index (Phi) is 3.68. The van der Waals surface area contributed by atoms with E-state index in [9.17, 15) is 4.39 Å². The monoisotopic (exact) mass is 206 g/mol. The predicted molar refractivity (Wildman–Crippen MR) is 59.0 cm³/mol. The van der Waals surface area contributed by atoms with Crippen molar-refractivity contribution in [3.63, 3.8) is 0 Å². The smallest absolute Gasteiger partial charge is 0.143 e. The van der Waals surface area contributed by atoms with Gasteiger partial charge < -0.3 is 5.32 Å². The molecular weight excluding hydrogens is 191 g/mol. The van der Waals surface area contributed by atoms with Crippen LogP contribution in [0.3, 0.4) is 0 Å². The van der Waals surface area contributed by atoms with Crippen molar-refractivity contribution in [3.8, 4) is 6.07 Å². The molecule has 0 aromatic heterocycles. The quantitative estimate of drug-likeness (QED) is 0.824. The molecule has 1 aromatic rings. The highest BCUT2D eigenvalue weighted by Crippen LogP contribution is 2.20. The first-order valence-corrected chi connectivity index (χ1v) is 5.01. The van der Waals surface area contributed by atoms with Gasteiger partial charge in [-0.25, -0.2) is 4.39 Å². The van der Waals surface area contributed by atoms with Crippen molar-refractivity contribution in [2.45, 2.75) is 26.8 Å². The number of rotatable bonds is 3. The summed E-state index contributed by atoms with van der Waals surface area (Å²) in [6.07, 6.45) is 0. The molecule has 0 unspecified atom stereocenters. The fraction of sp³-hybridized carbons (Fsp3) is 0.417. The normalized spacial score (nSPS) is 12.3. The van der Waals surface area contributed by atoms with Crippen molar-refractivity contribution in [2.75, 3.05) is 5.32 Å². The van der Waals surface area contributed by atoms with Crippen molar-refractivity contribution in [1.29, 1.82) is 5.26 Å². The number of halogens is 1. The first-order chi connectivity index (χ1) is 7.06. The van der Waals surface area contributed by atoms with E-state index < -0.39 is 5.82 Å². The highest BCUT2D eigenvalue weighted by Gasteiger charge is 2.11. The van der Waals surface area contributed by atoms with Gasteiger partial charge in [0.25, 0.3) is 0 Å². The summed E-state index contributed by atoms with van der Waals surface area (Å²) >= 11 is 0. The van der Waals surface area contributed by atoms with Crippen LogP contribution in [-0.2, 0) is 0 Å². The molecule has 0 heterocycles. The largest absolute Gasteiger partial charge is 0.381 e. The van der Waals surface area contributed by atoms with Crippen LogP contribution in [0.5, 0.6) is 0 Å². The molecule has 0 amide bonds. The van der Waals surface area contributed by atoms with Gasteiger partial charge in [-0.1, -0.05) is 19.9 Å². The molecule has 0 saturated heterocycles. The van der Waals surface area contributed by atoms with Crippen molar-refractivity contribution in [3.05, 3.63) is 29.6 Å². The molecule has 0 bridgehead atoms. The van der Waals surface area contributed by atoms with Gasteiger partial charge in [0.05, 0.1) is 5.69 Å². The molecule has 3 heteroatoms. The van der Waals surface area contributed by atoms with Crippen molar-refractivity contribution in [2.24, 2.45) is 5.92 Å². The zero-order chi connectivity index (χ0) is 11.4. The van der Waals surface area contributed by atoms with Crippen LogP contribution >= 0.6 is 0 Å². The van der Waals surface area contributed by atoms with Crippen molar-refractivity contribution in [1.82, 2.24) is 0 Å².